The second kappa shape index (κ2) is 6.56. The van der Waals surface area contributed by atoms with Crippen LogP contribution in [0.3, 0.4) is 0 Å². The average Bonchev–Trinajstić information content (AvgIpc) is 3.01. The number of carbonyl (C=O) groups is 1. The van der Waals surface area contributed by atoms with E-state index in [4.69, 9.17) is 4.74 Å². The Labute approximate surface area is 132 Å². The van der Waals surface area contributed by atoms with Crippen molar-refractivity contribution < 1.29 is 27.6 Å². The smallest absolute Gasteiger partial charge is 0.412 e. The van der Waals surface area contributed by atoms with Gasteiger partial charge in [-0.15, -0.1) is 0 Å². The lowest BCUT2D eigenvalue weighted by molar-refractivity contribution is -0.385. The number of hydrogen-bond donors (Lipinski definition) is 2. The first-order valence-electron chi connectivity index (χ1n) is 6.43. The summed E-state index contributed by atoms with van der Waals surface area (Å²) in [6.45, 7) is 0. The quantitative estimate of drug-likeness (QED) is 0.639. The van der Waals surface area contributed by atoms with Gasteiger partial charge in [-0.1, -0.05) is 12.1 Å². The summed E-state index contributed by atoms with van der Waals surface area (Å²) in [6, 6.07) is 2.54. The van der Waals surface area contributed by atoms with Gasteiger partial charge in [0.2, 0.25) is 5.69 Å². The van der Waals surface area contributed by atoms with Crippen molar-refractivity contribution in [2.75, 3.05) is 7.11 Å². The third-order valence-electron chi connectivity index (χ3n) is 3.09. The Bertz CT molecular complexity index is 742. The maximum absolute atomic E-state index is 13.2. The van der Waals surface area contributed by atoms with E-state index in [9.17, 15) is 28.1 Å². The van der Waals surface area contributed by atoms with Crippen molar-refractivity contribution in [3.05, 3.63) is 51.8 Å². The Morgan fingerprint density at radius 3 is 2.50 bits per heavy atom. The number of nitro groups is 1. The summed E-state index contributed by atoms with van der Waals surface area (Å²) in [7, 11) is 1.36. The number of ether oxygens (including phenoxy) is 1. The van der Waals surface area contributed by atoms with Crippen molar-refractivity contribution >= 4 is 11.6 Å². The Kier molecular flexibility index (Phi) is 4.71. The van der Waals surface area contributed by atoms with Gasteiger partial charge in [0, 0.05) is 0 Å². The minimum absolute atomic E-state index is 0.251. The molecule has 1 atom stereocenters. The van der Waals surface area contributed by atoms with E-state index < -0.39 is 34.4 Å². The monoisotopic (exact) mass is 344 g/mol. The van der Waals surface area contributed by atoms with Crippen LogP contribution in [0.1, 0.15) is 22.1 Å². The van der Waals surface area contributed by atoms with E-state index in [-0.39, 0.29) is 5.56 Å². The Morgan fingerprint density at radius 1 is 1.38 bits per heavy atom. The van der Waals surface area contributed by atoms with Gasteiger partial charge >= 0.3 is 11.9 Å². The van der Waals surface area contributed by atoms with Crippen LogP contribution >= 0.6 is 0 Å². The Morgan fingerprint density at radius 2 is 2.00 bits per heavy atom. The predicted molar refractivity (Wildman–Crippen MR) is 74.5 cm³/mol. The predicted octanol–water partition coefficient (Wildman–Crippen LogP) is 2.36. The molecule has 0 aliphatic heterocycles. The molecule has 0 fully saturated rings. The fourth-order valence-electron chi connectivity index (χ4n) is 1.94. The van der Waals surface area contributed by atoms with Gasteiger partial charge in [0.25, 0.3) is 5.91 Å². The molecule has 0 radical (unpaired) electrons. The fourth-order valence-corrected chi connectivity index (χ4v) is 1.94. The first kappa shape index (κ1) is 17.2. The number of rotatable bonds is 5. The summed E-state index contributed by atoms with van der Waals surface area (Å²) < 4.78 is 44.6. The van der Waals surface area contributed by atoms with E-state index in [1.54, 1.807) is 5.32 Å². The molecular formula is C13H11F3N4O4. The van der Waals surface area contributed by atoms with Crippen molar-refractivity contribution in [1.29, 1.82) is 0 Å². The normalized spacial score (nSPS) is 12.5. The molecule has 11 heteroatoms. The first-order chi connectivity index (χ1) is 11.2. The number of alkyl halides is 3. The summed E-state index contributed by atoms with van der Waals surface area (Å²) in [5, 5.41) is 17.8. The van der Waals surface area contributed by atoms with E-state index >= 15 is 0 Å². The lowest BCUT2D eigenvalue weighted by atomic mass is 10.1. The number of aromatic amines is 1. The van der Waals surface area contributed by atoms with Crippen LogP contribution in [0.25, 0.3) is 0 Å². The molecule has 128 valence electrons. The number of H-pyrrole nitrogens is 1. The van der Waals surface area contributed by atoms with Gasteiger partial charge in [0.15, 0.2) is 6.04 Å². The standard InChI is InChI=1S/C13H11F3N4O4/c1-24-8-4-2-7(3-5-8)11(13(14,15)16)18-12(21)10-9(20(22)23)6-17-19-10/h2-6,11H,1H3,(H,17,19)(H,18,21)/t11-/m1/s1. The number of methoxy groups -OCH3 is 1. The van der Waals surface area contributed by atoms with Crippen molar-refractivity contribution in [3.8, 4) is 5.75 Å². The molecule has 0 aliphatic carbocycles. The van der Waals surface area contributed by atoms with Crippen LogP contribution in [0.15, 0.2) is 30.5 Å². The fraction of sp³-hybridized carbons (Fsp3) is 0.231. The highest BCUT2D eigenvalue weighted by atomic mass is 19.4. The maximum atomic E-state index is 13.2. The van der Waals surface area contributed by atoms with E-state index in [1.165, 1.54) is 19.2 Å². The molecule has 2 N–H and O–H groups in total. The molecule has 1 aromatic carbocycles. The zero-order valence-corrected chi connectivity index (χ0v) is 12.1. The Hall–Kier alpha value is -3.11. The van der Waals surface area contributed by atoms with Gasteiger partial charge in [-0.25, -0.2) is 0 Å². The highest BCUT2D eigenvalue weighted by Crippen LogP contribution is 2.34. The number of amides is 1. The summed E-state index contributed by atoms with van der Waals surface area (Å²) in [6.07, 6.45) is -4.07. The number of nitrogens with zero attached hydrogens (tertiary/aromatic N) is 2. The molecule has 2 rings (SSSR count). The van der Waals surface area contributed by atoms with E-state index in [2.05, 4.69) is 5.10 Å². The van der Waals surface area contributed by atoms with Crippen LogP contribution in [0, 0.1) is 10.1 Å². The lowest BCUT2D eigenvalue weighted by Gasteiger charge is -2.21. The molecule has 2 aromatic rings. The van der Waals surface area contributed by atoms with Crippen LogP contribution in [-0.2, 0) is 0 Å². The van der Waals surface area contributed by atoms with Gasteiger partial charge in [0.1, 0.15) is 11.9 Å². The first-order valence-corrected chi connectivity index (χ1v) is 6.43. The molecule has 8 nitrogen and oxygen atoms in total. The SMILES string of the molecule is COc1ccc([C@@H](NC(=O)c2[nH]ncc2[N+](=O)[O-])C(F)(F)F)cc1. The summed E-state index contributed by atoms with van der Waals surface area (Å²) in [4.78, 5) is 21.8. The second-order valence-electron chi connectivity index (χ2n) is 4.61. The van der Waals surface area contributed by atoms with Crippen LogP contribution in [0.5, 0.6) is 5.75 Å². The maximum Gasteiger partial charge on any atom is 0.412 e. The summed E-state index contributed by atoms with van der Waals surface area (Å²) in [5.41, 5.74) is -1.63. The number of aromatic nitrogens is 2. The van der Waals surface area contributed by atoms with Gasteiger partial charge in [-0.05, 0) is 17.7 Å². The summed E-state index contributed by atoms with van der Waals surface area (Å²) in [5.74, 6) is -0.951. The van der Waals surface area contributed by atoms with Crippen LogP contribution < -0.4 is 10.1 Å². The zero-order chi connectivity index (χ0) is 17.9. The molecule has 0 saturated heterocycles. The highest BCUT2D eigenvalue weighted by Gasteiger charge is 2.42. The number of carbonyl (C=O) groups excluding carboxylic acids is 1. The molecular weight excluding hydrogens is 333 g/mol. The van der Waals surface area contributed by atoms with Crippen LogP contribution in [0.4, 0.5) is 18.9 Å². The van der Waals surface area contributed by atoms with E-state index in [0.717, 1.165) is 18.3 Å². The molecule has 1 heterocycles. The molecule has 0 aliphatic rings. The Balaban J connectivity index is 2.30. The van der Waals surface area contributed by atoms with Crippen molar-refractivity contribution in [3.63, 3.8) is 0 Å². The molecule has 0 spiro atoms. The molecule has 0 unspecified atom stereocenters. The zero-order valence-electron chi connectivity index (χ0n) is 12.1. The third kappa shape index (κ3) is 3.62. The topological polar surface area (TPSA) is 110 Å². The number of halogens is 3. The number of hydrogen-bond acceptors (Lipinski definition) is 5. The largest absolute Gasteiger partial charge is 0.497 e. The molecule has 1 aromatic heterocycles. The van der Waals surface area contributed by atoms with Gasteiger partial charge in [0.05, 0.1) is 12.0 Å². The van der Waals surface area contributed by atoms with Gasteiger partial charge < -0.3 is 10.1 Å². The summed E-state index contributed by atoms with van der Waals surface area (Å²) >= 11 is 0. The molecule has 1 amide bonds. The van der Waals surface area contributed by atoms with Crippen molar-refractivity contribution in [2.24, 2.45) is 0 Å². The van der Waals surface area contributed by atoms with Crippen molar-refractivity contribution in [2.45, 2.75) is 12.2 Å². The lowest BCUT2D eigenvalue weighted by Crippen LogP contribution is -2.38. The van der Waals surface area contributed by atoms with E-state index in [0.29, 0.717) is 5.75 Å². The van der Waals surface area contributed by atoms with Gasteiger partial charge in [-0.2, -0.15) is 18.3 Å². The minimum atomic E-state index is -4.81. The molecule has 0 bridgehead atoms. The average molecular weight is 344 g/mol. The second-order valence-corrected chi connectivity index (χ2v) is 4.61. The van der Waals surface area contributed by atoms with Gasteiger partial charge in [-0.3, -0.25) is 20.0 Å². The van der Waals surface area contributed by atoms with E-state index in [1.807, 2.05) is 5.10 Å². The highest BCUT2D eigenvalue weighted by molar-refractivity contribution is 5.96. The van der Waals surface area contributed by atoms with Crippen LogP contribution in [0.2, 0.25) is 0 Å². The van der Waals surface area contributed by atoms with Crippen molar-refractivity contribution in [1.82, 2.24) is 15.5 Å². The molecule has 24 heavy (non-hydrogen) atoms. The number of benzene rings is 1. The number of nitrogens with one attached hydrogen (secondary N) is 2. The minimum Gasteiger partial charge on any atom is -0.497 e. The van der Waals surface area contributed by atoms with Crippen LogP contribution in [-0.4, -0.2) is 34.3 Å². The molecule has 0 saturated carbocycles. The third-order valence-corrected chi connectivity index (χ3v) is 3.09.